The Morgan fingerprint density at radius 1 is 1.29 bits per heavy atom. The molecule has 3 aromatic heterocycles. The summed E-state index contributed by atoms with van der Waals surface area (Å²) >= 11 is 0. The van der Waals surface area contributed by atoms with Crippen molar-refractivity contribution in [3.63, 3.8) is 0 Å². The fourth-order valence-electron chi connectivity index (χ4n) is 4.68. The third kappa shape index (κ3) is 4.23. The molecule has 0 aromatic carbocycles. The van der Waals surface area contributed by atoms with Gasteiger partial charge < -0.3 is 14.2 Å². The molecular weight excluding hydrogens is 396 g/mol. The van der Waals surface area contributed by atoms with E-state index in [-0.39, 0.29) is 11.5 Å². The van der Waals surface area contributed by atoms with Crippen LogP contribution in [0.15, 0.2) is 41.4 Å². The zero-order chi connectivity index (χ0) is 21.3. The molecule has 3 aromatic rings. The number of nitrogens with zero attached hydrogens (tertiary/aromatic N) is 6. The van der Waals surface area contributed by atoms with E-state index in [0.29, 0.717) is 36.3 Å². The predicted molar refractivity (Wildman–Crippen MR) is 111 cm³/mol. The number of rotatable bonds is 4. The lowest BCUT2D eigenvalue weighted by Gasteiger charge is -2.46. The van der Waals surface area contributed by atoms with E-state index >= 15 is 0 Å². The molecule has 5 rings (SSSR count). The van der Waals surface area contributed by atoms with E-state index in [1.165, 1.54) is 0 Å². The van der Waals surface area contributed by atoms with Gasteiger partial charge in [0.2, 0.25) is 11.7 Å². The molecule has 1 amide bonds. The zero-order valence-corrected chi connectivity index (χ0v) is 17.6. The monoisotopic (exact) mass is 422 g/mol. The third-order valence-corrected chi connectivity index (χ3v) is 6.36. The van der Waals surface area contributed by atoms with Crippen LogP contribution in [0.2, 0.25) is 0 Å². The first-order valence-electron chi connectivity index (χ1n) is 10.8. The molecule has 0 N–H and O–H groups in total. The molecule has 2 fully saturated rings. The summed E-state index contributed by atoms with van der Waals surface area (Å²) in [6.45, 7) is 2.13. The normalized spacial score (nSPS) is 20.8. The molecule has 2 aliphatic rings. The van der Waals surface area contributed by atoms with E-state index in [4.69, 9.17) is 9.26 Å². The van der Waals surface area contributed by atoms with Gasteiger partial charge in [0, 0.05) is 57.3 Å². The minimum atomic E-state index is -0.166. The van der Waals surface area contributed by atoms with Gasteiger partial charge in [0.25, 0.3) is 5.91 Å². The highest BCUT2D eigenvalue weighted by Crippen LogP contribution is 2.39. The van der Waals surface area contributed by atoms with Gasteiger partial charge in [-0.15, -0.1) is 0 Å². The third-order valence-electron chi connectivity index (χ3n) is 6.36. The number of piperidine rings is 1. The highest BCUT2D eigenvalue weighted by Gasteiger charge is 2.41. The van der Waals surface area contributed by atoms with Gasteiger partial charge in [0.05, 0.1) is 17.4 Å². The predicted octanol–water partition coefficient (Wildman–Crippen LogP) is 2.51. The zero-order valence-electron chi connectivity index (χ0n) is 17.6. The number of carbonyl (C=O) groups excluding carboxylic acids is 1. The molecule has 9 heteroatoms. The van der Waals surface area contributed by atoms with Crippen LogP contribution in [-0.4, -0.2) is 61.0 Å². The van der Waals surface area contributed by atoms with Crippen LogP contribution in [0.5, 0.6) is 0 Å². The summed E-state index contributed by atoms with van der Waals surface area (Å²) in [7, 11) is 1.82. The summed E-state index contributed by atoms with van der Waals surface area (Å²) < 4.78 is 13.4. The minimum Gasteiger partial charge on any atom is -0.375 e. The van der Waals surface area contributed by atoms with E-state index < -0.39 is 0 Å². The highest BCUT2D eigenvalue weighted by molar-refractivity contribution is 5.93. The van der Waals surface area contributed by atoms with Crippen LogP contribution in [0.25, 0.3) is 11.4 Å². The molecule has 0 radical (unpaired) electrons. The van der Waals surface area contributed by atoms with Gasteiger partial charge in [-0.25, -0.2) is 0 Å². The van der Waals surface area contributed by atoms with E-state index in [2.05, 4.69) is 20.2 Å². The fraction of sp³-hybridized carbons (Fsp3) is 0.500. The first-order valence-corrected chi connectivity index (χ1v) is 10.8. The van der Waals surface area contributed by atoms with Crippen LogP contribution in [0.4, 0.5) is 0 Å². The van der Waals surface area contributed by atoms with Crippen molar-refractivity contribution in [3.05, 3.63) is 48.4 Å². The maximum atomic E-state index is 12.7. The smallest absolute Gasteiger partial charge is 0.257 e. The first-order chi connectivity index (χ1) is 15.1. The van der Waals surface area contributed by atoms with Gasteiger partial charge in [-0.1, -0.05) is 5.16 Å². The average Bonchev–Trinajstić information content (AvgIpc) is 3.44. The van der Waals surface area contributed by atoms with E-state index in [1.807, 2.05) is 24.1 Å². The fourth-order valence-corrected chi connectivity index (χ4v) is 4.68. The van der Waals surface area contributed by atoms with Gasteiger partial charge in [-0.2, -0.15) is 10.1 Å². The number of amides is 1. The number of hydrogen-bond donors (Lipinski definition) is 0. The SMILES string of the molecule is Cn1cc(C(=O)N2CCC3(CC2)CC(Cc2nc(-c4cccnc4)no2)CCO3)cn1. The van der Waals surface area contributed by atoms with Crippen molar-refractivity contribution in [3.8, 4) is 11.4 Å². The number of aryl methyl sites for hydroxylation is 1. The largest absolute Gasteiger partial charge is 0.375 e. The molecule has 2 aliphatic heterocycles. The minimum absolute atomic E-state index is 0.0455. The maximum absolute atomic E-state index is 12.7. The Labute approximate surface area is 180 Å². The number of likely N-dealkylation sites (tertiary alicyclic amines) is 1. The van der Waals surface area contributed by atoms with Crippen LogP contribution in [0, 0.1) is 5.92 Å². The molecule has 5 heterocycles. The van der Waals surface area contributed by atoms with Crippen LogP contribution >= 0.6 is 0 Å². The second-order valence-electron chi connectivity index (χ2n) is 8.54. The first kappa shape index (κ1) is 19.9. The Balaban J connectivity index is 1.19. The summed E-state index contributed by atoms with van der Waals surface area (Å²) in [5.41, 5.74) is 1.33. The molecule has 1 atom stereocenters. The summed E-state index contributed by atoms with van der Waals surface area (Å²) in [5, 5.41) is 8.22. The summed E-state index contributed by atoms with van der Waals surface area (Å²) in [6, 6.07) is 3.78. The van der Waals surface area contributed by atoms with Crippen LogP contribution < -0.4 is 0 Å². The van der Waals surface area contributed by atoms with Crippen molar-refractivity contribution in [2.75, 3.05) is 19.7 Å². The Hall–Kier alpha value is -3.07. The molecule has 0 bridgehead atoms. The van der Waals surface area contributed by atoms with Gasteiger partial charge in [0.15, 0.2) is 0 Å². The standard InChI is InChI=1S/C22H26N6O3/c1-27-15-18(14-24-27)21(29)28-8-5-22(6-9-28)12-16(4-10-30-22)11-19-25-20(26-31-19)17-3-2-7-23-13-17/h2-3,7,13-16H,4-6,8-12H2,1H3. The van der Waals surface area contributed by atoms with Crippen molar-refractivity contribution in [2.45, 2.75) is 37.7 Å². The van der Waals surface area contributed by atoms with Gasteiger partial charge in [-0.05, 0) is 43.7 Å². The maximum Gasteiger partial charge on any atom is 0.257 e. The number of pyridine rings is 1. The number of ether oxygens (including phenoxy) is 1. The molecule has 162 valence electrons. The summed E-state index contributed by atoms with van der Waals surface area (Å²) in [5.74, 6) is 1.71. The number of hydrogen-bond acceptors (Lipinski definition) is 7. The quantitative estimate of drug-likeness (QED) is 0.637. The lowest BCUT2D eigenvalue weighted by molar-refractivity contribution is -0.124. The van der Waals surface area contributed by atoms with Crippen molar-refractivity contribution in [1.29, 1.82) is 0 Å². The lowest BCUT2D eigenvalue weighted by Crippen LogP contribution is -2.51. The highest BCUT2D eigenvalue weighted by atomic mass is 16.5. The molecule has 31 heavy (non-hydrogen) atoms. The van der Waals surface area contributed by atoms with Crippen LogP contribution in [-0.2, 0) is 18.2 Å². The summed E-state index contributed by atoms with van der Waals surface area (Å²) in [6.07, 6.45) is 11.2. The van der Waals surface area contributed by atoms with E-state index in [0.717, 1.165) is 44.3 Å². The Kier molecular flexibility index (Phi) is 5.27. The van der Waals surface area contributed by atoms with Crippen molar-refractivity contribution in [1.82, 2.24) is 29.8 Å². The molecule has 0 aliphatic carbocycles. The van der Waals surface area contributed by atoms with Crippen molar-refractivity contribution >= 4 is 5.91 Å². The van der Waals surface area contributed by atoms with Crippen molar-refractivity contribution < 1.29 is 14.1 Å². The van der Waals surface area contributed by atoms with E-state index in [1.54, 1.807) is 29.5 Å². The lowest BCUT2D eigenvalue weighted by atomic mass is 9.78. The Morgan fingerprint density at radius 2 is 2.16 bits per heavy atom. The average molecular weight is 422 g/mol. The summed E-state index contributed by atoms with van der Waals surface area (Å²) in [4.78, 5) is 23.3. The van der Waals surface area contributed by atoms with Gasteiger partial charge >= 0.3 is 0 Å². The number of carbonyl (C=O) groups is 1. The molecule has 0 saturated carbocycles. The molecule has 2 saturated heterocycles. The second-order valence-corrected chi connectivity index (χ2v) is 8.54. The van der Waals surface area contributed by atoms with Gasteiger partial charge in [-0.3, -0.25) is 14.5 Å². The second kappa shape index (κ2) is 8.22. The van der Waals surface area contributed by atoms with Crippen LogP contribution in [0.1, 0.15) is 41.9 Å². The topological polar surface area (TPSA) is 99.2 Å². The van der Waals surface area contributed by atoms with Gasteiger partial charge in [0.1, 0.15) is 0 Å². The molecule has 1 unspecified atom stereocenters. The van der Waals surface area contributed by atoms with Crippen molar-refractivity contribution in [2.24, 2.45) is 13.0 Å². The Morgan fingerprint density at radius 3 is 2.90 bits per heavy atom. The molecule has 9 nitrogen and oxygen atoms in total. The van der Waals surface area contributed by atoms with E-state index in [9.17, 15) is 4.79 Å². The number of aromatic nitrogens is 5. The van der Waals surface area contributed by atoms with Crippen LogP contribution in [0.3, 0.4) is 0 Å². The Bertz CT molecular complexity index is 1040. The molecular formula is C22H26N6O3. The molecule has 1 spiro atoms.